The van der Waals surface area contributed by atoms with Gasteiger partial charge in [-0.3, -0.25) is 15.1 Å². The number of hydrogen-bond donors (Lipinski definition) is 1. The summed E-state index contributed by atoms with van der Waals surface area (Å²) in [6.45, 7) is 4.07. The molecule has 0 unspecified atom stereocenters. The van der Waals surface area contributed by atoms with Gasteiger partial charge in [-0.05, 0) is 31.2 Å². The summed E-state index contributed by atoms with van der Waals surface area (Å²) in [5, 5.41) is 14.8. The molecule has 0 atom stereocenters. The van der Waals surface area contributed by atoms with Crippen molar-refractivity contribution in [3.63, 3.8) is 0 Å². The standard InChI is InChI=1S/C25H31N5O3/c1-26-23(18-28(2)25(31)29(3)21-12-8-5-9-13-21)20-14-15-22(24(16-20)30(32)33)27-17-19-10-6-4-7-11-19/h4,6-7,10-11,14-16,18,21,27H,1,5,8-9,12-13,17H2,2-3H3. The first-order valence-corrected chi connectivity index (χ1v) is 11.2. The third-order valence-electron chi connectivity index (χ3n) is 6.03. The van der Waals surface area contributed by atoms with E-state index >= 15 is 0 Å². The SMILES string of the molecule is C=NC(=CN(C)C(=O)N(C)C1CCCCC1)c1ccc(NCc2ccccc2)c([N+](=O)[O-])c1. The second kappa shape index (κ2) is 11.3. The monoisotopic (exact) mass is 449 g/mol. The first-order valence-electron chi connectivity index (χ1n) is 11.2. The minimum absolute atomic E-state index is 0.0636. The molecule has 0 aromatic heterocycles. The summed E-state index contributed by atoms with van der Waals surface area (Å²) >= 11 is 0. The summed E-state index contributed by atoms with van der Waals surface area (Å²) in [6, 6.07) is 14.6. The van der Waals surface area contributed by atoms with E-state index in [2.05, 4.69) is 17.0 Å². The van der Waals surface area contributed by atoms with Crippen LogP contribution < -0.4 is 5.32 Å². The molecule has 8 nitrogen and oxygen atoms in total. The molecule has 1 fully saturated rings. The first kappa shape index (κ1) is 24.0. The summed E-state index contributed by atoms with van der Waals surface area (Å²) in [4.78, 5) is 31.5. The highest BCUT2D eigenvalue weighted by Crippen LogP contribution is 2.30. The maximum absolute atomic E-state index is 12.9. The van der Waals surface area contributed by atoms with Crippen molar-refractivity contribution in [3.05, 3.63) is 76.0 Å². The van der Waals surface area contributed by atoms with Crippen LogP contribution in [-0.4, -0.2) is 47.6 Å². The molecule has 174 valence electrons. The van der Waals surface area contributed by atoms with Gasteiger partial charge in [-0.2, -0.15) is 0 Å². The fourth-order valence-corrected chi connectivity index (χ4v) is 4.10. The van der Waals surface area contributed by atoms with Crippen molar-refractivity contribution in [2.45, 2.75) is 44.7 Å². The zero-order valence-electron chi connectivity index (χ0n) is 19.2. The van der Waals surface area contributed by atoms with Gasteiger partial charge in [0.1, 0.15) is 5.69 Å². The van der Waals surface area contributed by atoms with Crippen LogP contribution in [0.15, 0.2) is 59.7 Å². The van der Waals surface area contributed by atoms with Crippen molar-refractivity contribution < 1.29 is 9.72 Å². The van der Waals surface area contributed by atoms with E-state index in [0.717, 1.165) is 31.2 Å². The molecule has 3 rings (SSSR count). The van der Waals surface area contributed by atoms with Gasteiger partial charge >= 0.3 is 6.03 Å². The molecule has 1 aliphatic carbocycles. The fraction of sp³-hybridized carbons (Fsp3) is 0.360. The van der Waals surface area contributed by atoms with E-state index in [1.165, 1.54) is 17.4 Å². The summed E-state index contributed by atoms with van der Waals surface area (Å²) in [5.74, 6) is 0. The number of carbonyl (C=O) groups excluding carboxylic acids is 1. The number of anilines is 1. The Morgan fingerprint density at radius 3 is 2.52 bits per heavy atom. The van der Waals surface area contributed by atoms with E-state index < -0.39 is 4.92 Å². The number of aliphatic imine (C=N–C) groups is 1. The van der Waals surface area contributed by atoms with Crippen LogP contribution in [0.2, 0.25) is 0 Å². The van der Waals surface area contributed by atoms with Crippen LogP contribution in [0.1, 0.15) is 43.2 Å². The van der Waals surface area contributed by atoms with Crippen LogP contribution >= 0.6 is 0 Å². The summed E-state index contributed by atoms with van der Waals surface area (Å²) in [6.07, 6.45) is 7.08. The predicted octanol–water partition coefficient (Wildman–Crippen LogP) is 5.52. The molecule has 2 aromatic rings. The molecule has 0 bridgehead atoms. The molecule has 1 aliphatic rings. The molecule has 8 heteroatoms. The van der Waals surface area contributed by atoms with E-state index in [0.29, 0.717) is 23.5 Å². The maximum Gasteiger partial charge on any atom is 0.323 e. The van der Waals surface area contributed by atoms with E-state index in [-0.39, 0.29) is 17.8 Å². The normalized spacial score (nSPS) is 14.4. The van der Waals surface area contributed by atoms with Crippen molar-refractivity contribution in [1.82, 2.24) is 9.80 Å². The van der Waals surface area contributed by atoms with Gasteiger partial charge in [-0.25, -0.2) is 4.79 Å². The summed E-state index contributed by atoms with van der Waals surface area (Å²) in [7, 11) is 3.48. The molecule has 0 spiro atoms. The van der Waals surface area contributed by atoms with E-state index in [1.54, 1.807) is 30.3 Å². The van der Waals surface area contributed by atoms with Crippen molar-refractivity contribution in [1.29, 1.82) is 0 Å². The lowest BCUT2D eigenvalue weighted by Crippen LogP contribution is -2.43. The third-order valence-corrected chi connectivity index (χ3v) is 6.03. The van der Waals surface area contributed by atoms with Crippen LogP contribution in [0.5, 0.6) is 0 Å². The highest BCUT2D eigenvalue weighted by molar-refractivity contribution is 5.79. The molecule has 2 aromatic carbocycles. The number of nitro groups is 1. The first-order chi connectivity index (χ1) is 15.9. The van der Waals surface area contributed by atoms with Crippen molar-refractivity contribution >= 4 is 29.8 Å². The van der Waals surface area contributed by atoms with Gasteiger partial charge in [0.25, 0.3) is 5.69 Å². The number of benzene rings is 2. The van der Waals surface area contributed by atoms with Crippen LogP contribution in [0.25, 0.3) is 5.70 Å². The highest BCUT2D eigenvalue weighted by atomic mass is 16.6. The highest BCUT2D eigenvalue weighted by Gasteiger charge is 2.24. The quantitative estimate of drug-likeness (QED) is 0.326. The van der Waals surface area contributed by atoms with Crippen LogP contribution in [0.3, 0.4) is 0 Å². The number of nitrogens with one attached hydrogen (secondary N) is 1. The molecular weight excluding hydrogens is 418 g/mol. The van der Waals surface area contributed by atoms with Crippen molar-refractivity contribution in [2.75, 3.05) is 19.4 Å². The smallest absolute Gasteiger partial charge is 0.323 e. The summed E-state index contributed by atoms with van der Waals surface area (Å²) < 4.78 is 0. The Hall–Kier alpha value is -3.68. The van der Waals surface area contributed by atoms with E-state index in [4.69, 9.17) is 0 Å². The molecular formula is C25H31N5O3. The van der Waals surface area contributed by atoms with Gasteiger partial charge in [0.05, 0.1) is 10.6 Å². The van der Waals surface area contributed by atoms with Crippen molar-refractivity contribution in [3.8, 4) is 0 Å². The average molecular weight is 450 g/mol. The van der Waals surface area contributed by atoms with E-state index in [9.17, 15) is 14.9 Å². The van der Waals surface area contributed by atoms with Gasteiger partial charge < -0.3 is 15.1 Å². The summed E-state index contributed by atoms with van der Waals surface area (Å²) in [5.41, 5.74) is 2.28. The van der Waals surface area contributed by atoms with Gasteiger partial charge in [0.15, 0.2) is 0 Å². The molecule has 1 saturated carbocycles. The predicted molar refractivity (Wildman–Crippen MR) is 132 cm³/mol. The molecule has 0 heterocycles. The van der Waals surface area contributed by atoms with Crippen LogP contribution in [0.4, 0.5) is 16.2 Å². The number of carbonyl (C=O) groups is 1. The van der Waals surface area contributed by atoms with Crippen LogP contribution in [-0.2, 0) is 6.54 Å². The lowest BCUT2D eigenvalue weighted by molar-refractivity contribution is -0.384. The number of nitrogens with zero attached hydrogens (tertiary/aromatic N) is 4. The lowest BCUT2D eigenvalue weighted by Gasteiger charge is -2.33. The number of amides is 2. The number of rotatable bonds is 8. The molecule has 1 N–H and O–H groups in total. The zero-order chi connectivity index (χ0) is 23.8. The molecule has 0 radical (unpaired) electrons. The number of nitro benzene ring substituents is 1. The Balaban J connectivity index is 1.78. The van der Waals surface area contributed by atoms with Crippen LogP contribution in [0, 0.1) is 10.1 Å². The fourth-order valence-electron chi connectivity index (χ4n) is 4.10. The average Bonchev–Trinajstić information content (AvgIpc) is 2.86. The Morgan fingerprint density at radius 2 is 1.88 bits per heavy atom. The van der Waals surface area contributed by atoms with Gasteiger partial charge in [-0.15, -0.1) is 0 Å². The lowest BCUT2D eigenvalue weighted by atomic mass is 9.95. The number of hydrogen-bond acceptors (Lipinski definition) is 5. The maximum atomic E-state index is 12.9. The Kier molecular flexibility index (Phi) is 8.18. The third kappa shape index (κ3) is 6.19. The second-order valence-corrected chi connectivity index (χ2v) is 8.30. The Bertz CT molecular complexity index is 1020. The minimum atomic E-state index is -0.427. The van der Waals surface area contributed by atoms with E-state index in [1.807, 2.05) is 37.4 Å². The molecule has 0 saturated heterocycles. The Morgan fingerprint density at radius 1 is 1.18 bits per heavy atom. The van der Waals surface area contributed by atoms with Gasteiger partial charge in [0.2, 0.25) is 0 Å². The molecule has 2 amide bonds. The molecule has 0 aliphatic heterocycles. The number of urea groups is 1. The minimum Gasteiger partial charge on any atom is -0.375 e. The van der Waals surface area contributed by atoms with Crippen molar-refractivity contribution in [2.24, 2.45) is 4.99 Å². The second-order valence-electron chi connectivity index (χ2n) is 8.30. The van der Waals surface area contributed by atoms with Gasteiger partial charge in [-0.1, -0.05) is 55.7 Å². The zero-order valence-corrected chi connectivity index (χ0v) is 19.2. The largest absolute Gasteiger partial charge is 0.375 e. The Labute approximate surface area is 194 Å². The topological polar surface area (TPSA) is 91.1 Å². The van der Waals surface area contributed by atoms with Gasteiger partial charge in [0, 0.05) is 44.5 Å². The molecule has 33 heavy (non-hydrogen) atoms.